The summed E-state index contributed by atoms with van der Waals surface area (Å²) in [5.41, 5.74) is 1.32. The van der Waals surface area contributed by atoms with Crippen LogP contribution in [0.25, 0.3) is 0 Å². The third kappa shape index (κ3) is 4.56. The van der Waals surface area contributed by atoms with Gasteiger partial charge in [-0.3, -0.25) is 0 Å². The van der Waals surface area contributed by atoms with Crippen LogP contribution in [0.15, 0.2) is 43.0 Å². The van der Waals surface area contributed by atoms with Gasteiger partial charge in [0.15, 0.2) is 0 Å². The summed E-state index contributed by atoms with van der Waals surface area (Å²) in [7, 11) is -2.73. The van der Waals surface area contributed by atoms with Gasteiger partial charge in [0.25, 0.3) is 0 Å². The topological polar surface area (TPSA) is 27.7 Å². The zero-order chi connectivity index (χ0) is 14.8. The van der Waals surface area contributed by atoms with Gasteiger partial charge in [0.2, 0.25) is 0 Å². The van der Waals surface area contributed by atoms with Crippen molar-refractivity contribution in [2.24, 2.45) is 0 Å². The van der Waals surface area contributed by atoms with Crippen LogP contribution >= 0.6 is 0 Å². The van der Waals surface area contributed by atoms with E-state index in [-0.39, 0.29) is 5.54 Å². The summed E-state index contributed by atoms with van der Waals surface area (Å²) in [5.74, 6) is 0. The Balaban J connectivity index is 2.96. The fraction of sp³-hybridized carbons (Fsp3) is 0.500. The molecule has 0 fully saturated rings. The van der Waals surface area contributed by atoms with Crippen LogP contribution in [0.5, 0.6) is 0 Å². The highest BCUT2D eigenvalue weighted by molar-refractivity contribution is 6.63. The maximum absolute atomic E-state index is 5.96. The maximum Gasteiger partial charge on any atom is 0.508 e. The smallest absolute Gasteiger partial charge is 0.373 e. The van der Waals surface area contributed by atoms with Crippen molar-refractivity contribution in [2.75, 3.05) is 19.8 Å². The molecule has 0 bridgehead atoms. The number of hydrogen-bond donors (Lipinski definition) is 0. The quantitative estimate of drug-likeness (QED) is 0.485. The lowest BCUT2D eigenvalue weighted by atomic mass is 10.1. The molecular formula is C16H26O3Si. The highest BCUT2D eigenvalue weighted by Gasteiger charge is 2.47. The number of benzene rings is 1. The minimum absolute atomic E-state index is 0.0738. The van der Waals surface area contributed by atoms with Crippen molar-refractivity contribution in [3.8, 4) is 0 Å². The van der Waals surface area contributed by atoms with Crippen molar-refractivity contribution >= 4 is 8.80 Å². The van der Waals surface area contributed by atoms with Crippen LogP contribution in [-0.4, -0.2) is 28.6 Å². The summed E-state index contributed by atoms with van der Waals surface area (Å²) in [5, 5.41) is 0. The standard InChI is InChI=1S/C16H26O3Si/c1-5-16(14-15-12-10-9-11-13-15)20(17-6-2,18-7-3)19-8-4/h5,9-13,16H,1,6-8,14H2,2-4H3. The SMILES string of the molecule is C=CC(Cc1ccccc1)[Si](OCC)(OCC)OCC. The molecule has 0 aliphatic rings. The lowest BCUT2D eigenvalue weighted by Crippen LogP contribution is -2.50. The van der Waals surface area contributed by atoms with E-state index in [1.54, 1.807) is 0 Å². The molecular weight excluding hydrogens is 268 g/mol. The molecule has 1 aromatic rings. The molecule has 0 aliphatic carbocycles. The van der Waals surface area contributed by atoms with E-state index in [0.29, 0.717) is 19.8 Å². The summed E-state index contributed by atoms with van der Waals surface area (Å²) in [4.78, 5) is 0. The minimum atomic E-state index is -2.73. The van der Waals surface area contributed by atoms with Gasteiger partial charge >= 0.3 is 8.80 Å². The molecule has 1 unspecified atom stereocenters. The zero-order valence-corrected chi connectivity index (χ0v) is 13.8. The molecule has 0 heterocycles. The first-order valence-corrected chi connectivity index (χ1v) is 9.10. The maximum atomic E-state index is 5.96. The van der Waals surface area contributed by atoms with Crippen molar-refractivity contribution in [1.82, 2.24) is 0 Å². The number of allylic oxidation sites excluding steroid dienone is 1. The Morgan fingerprint density at radius 1 is 1.00 bits per heavy atom. The Kier molecular flexibility index (Phi) is 7.77. The van der Waals surface area contributed by atoms with Crippen LogP contribution in [0.4, 0.5) is 0 Å². The van der Waals surface area contributed by atoms with Gasteiger partial charge < -0.3 is 13.3 Å². The molecule has 0 saturated carbocycles. The number of rotatable bonds is 10. The Morgan fingerprint density at radius 3 is 1.90 bits per heavy atom. The number of hydrogen-bond acceptors (Lipinski definition) is 3. The molecule has 1 rings (SSSR count). The van der Waals surface area contributed by atoms with E-state index in [0.717, 1.165) is 6.42 Å². The summed E-state index contributed by atoms with van der Waals surface area (Å²) in [6.45, 7) is 11.7. The second kappa shape index (κ2) is 9.08. The van der Waals surface area contributed by atoms with Crippen LogP contribution in [0.3, 0.4) is 0 Å². The van der Waals surface area contributed by atoms with Gasteiger partial charge in [-0.1, -0.05) is 36.4 Å². The van der Waals surface area contributed by atoms with Crippen LogP contribution in [0, 0.1) is 0 Å². The van der Waals surface area contributed by atoms with Gasteiger partial charge in [-0.2, -0.15) is 0 Å². The van der Waals surface area contributed by atoms with E-state index in [4.69, 9.17) is 13.3 Å². The average Bonchev–Trinajstić information content (AvgIpc) is 2.46. The van der Waals surface area contributed by atoms with Gasteiger partial charge in [0, 0.05) is 19.8 Å². The fourth-order valence-corrected chi connectivity index (χ4v) is 5.14. The van der Waals surface area contributed by atoms with Crippen molar-refractivity contribution in [2.45, 2.75) is 32.7 Å². The average molecular weight is 294 g/mol. The largest absolute Gasteiger partial charge is 0.508 e. The second-order valence-corrected chi connectivity index (χ2v) is 7.25. The molecule has 0 radical (unpaired) electrons. The van der Waals surface area contributed by atoms with Gasteiger partial charge in [-0.05, 0) is 32.8 Å². The molecule has 1 aromatic carbocycles. The van der Waals surface area contributed by atoms with Crippen molar-refractivity contribution < 1.29 is 13.3 Å². The molecule has 1 atom stereocenters. The Labute approximate surface area is 123 Å². The summed E-state index contributed by atoms with van der Waals surface area (Å²) < 4.78 is 17.9. The first-order valence-electron chi connectivity index (χ1n) is 7.30. The third-order valence-corrected chi connectivity index (χ3v) is 6.49. The summed E-state index contributed by atoms with van der Waals surface area (Å²) >= 11 is 0. The van der Waals surface area contributed by atoms with Gasteiger partial charge in [0.1, 0.15) is 0 Å². The highest BCUT2D eigenvalue weighted by atomic mass is 28.4. The summed E-state index contributed by atoms with van der Waals surface area (Å²) in [6, 6.07) is 10.3. The third-order valence-electron chi connectivity index (χ3n) is 3.07. The van der Waals surface area contributed by atoms with Crippen LogP contribution < -0.4 is 0 Å². The second-order valence-electron chi connectivity index (χ2n) is 4.43. The normalized spacial score (nSPS) is 13.2. The molecule has 0 aliphatic heterocycles. The van der Waals surface area contributed by atoms with Gasteiger partial charge in [-0.25, -0.2) is 0 Å². The minimum Gasteiger partial charge on any atom is -0.373 e. The van der Waals surface area contributed by atoms with Crippen molar-refractivity contribution in [3.05, 3.63) is 48.6 Å². The first-order chi connectivity index (χ1) is 9.72. The Bertz CT molecular complexity index is 364. The van der Waals surface area contributed by atoms with Gasteiger partial charge in [0.05, 0.1) is 5.54 Å². The molecule has 20 heavy (non-hydrogen) atoms. The van der Waals surface area contributed by atoms with Crippen LogP contribution in [-0.2, 0) is 19.7 Å². The predicted molar refractivity (Wildman–Crippen MR) is 84.7 cm³/mol. The lowest BCUT2D eigenvalue weighted by Gasteiger charge is -2.33. The van der Waals surface area contributed by atoms with Gasteiger partial charge in [-0.15, -0.1) is 6.58 Å². The lowest BCUT2D eigenvalue weighted by molar-refractivity contribution is 0.0652. The molecule has 0 amide bonds. The molecule has 0 N–H and O–H groups in total. The van der Waals surface area contributed by atoms with E-state index >= 15 is 0 Å². The monoisotopic (exact) mass is 294 g/mol. The molecule has 0 spiro atoms. The van der Waals surface area contributed by atoms with Crippen molar-refractivity contribution in [1.29, 1.82) is 0 Å². The molecule has 0 aromatic heterocycles. The van der Waals surface area contributed by atoms with E-state index in [2.05, 4.69) is 18.7 Å². The van der Waals surface area contributed by atoms with E-state index in [9.17, 15) is 0 Å². The predicted octanol–water partition coefficient (Wildman–Crippen LogP) is 3.83. The summed E-state index contributed by atoms with van der Waals surface area (Å²) in [6.07, 6.45) is 2.75. The van der Waals surface area contributed by atoms with Crippen LogP contribution in [0.1, 0.15) is 26.3 Å². The van der Waals surface area contributed by atoms with Crippen molar-refractivity contribution in [3.63, 3.8) is 0 Å². The molecule has 0 saturated heterocycles. The fourth-order valence-electron chi connectivity index (χ4n) is 2.27. The van der Waals surface area contributed by atoms with E-state index in [1.807, 2.05) is 45.0 Å². The Morgan fingerprint density at radius 2 is 1.50 bits per heavy atom. The van der Waals surface area contributed by atoms with E-state index < -0.39 is 8.80 Å². The first kappa shape index (κ1) is 17.1. The van der Waals surface area contributed by atoms with E-state index in [1.165, 1.54) is 5.56 Å². The Hall–Kier alpha value is -0.943. The molecule has 3 nitrogen and oxygen atoms in total. The van der Waals surface area contributed by atoms with Crippen LogP contribution in [0.2, 0.25) is 5.54 Å². The molecule has 4 heteroatoms. The zero-order valence-electron chi connectivity index (χ0n) is 12.8. The highest BCUT2D eigenvalue weighted by Crippen LogP contribution is 2.30. The molecule has 112 valence electrons.